The monoisotopic (exact) mass is 852 g/mol. The number of fused-ring (bicyclic) bond motifs is 12. The predicted octanol–water partition coefficient (Wildman–Crippen LogP) is 18.1. The molecule has 312 valence electrons. The highest BCUT2D eigenvalue weighted by Gasteiger charge is 2.25. The minimum absolute atomic E-state index is 0.853. The van der Waals surface area contributed by atoms with Crippen LogP contribution in [0.15, 0.2) is 247 Å². The predicted molar refractivity (Wildman–Crippen MR) is 284 cm³/mol. The third-order valence-electron chi connectivity index (χ3n) is 13.9. The highest BCUT2D eigenvalue weighted by Crippen LogP contribution is 2.49. The Bertz CT molecular complexity index is 4230. The standard InChI is InChI=1S/C64H40N2O/c1-3-20-47-43(16-1)39-57(52-24-6-5-22-50(47)52)41-32-34-45(35-33-41)65(61-40-44-17-2-4-21-48(44)51-23-7-8-25-53(51)61)60-37-36-49(64-63(60)56-28-11-14-31-62(56)67-64)42-18-15-19-46(38-42)66-58-29-12-9-26-54(58)55-27-10-13-30-59(55)66/h1-40H. The van der Waals surface area contributed by atoms with Crippen LogP contribution in [0.25, 0.3) is 115 Å². The van der Waals surface area contributed by atoms with Gasteiger partial charge in [-0.25, -0.2) is 0 Å². The van der Waals surface area contributed by atoms with Crippen molar-refractivity contribution in [2.75, 3.05) is 4.90 Å². The normalized spacial score (nSPS) is 11.9. The fourth-order valence-electron chi connectivity index (χ4n) is 10.9. The number of anilines is 3. The molecule has 0 radical (unpaired) electrons. The van der Waals surface area contributed by atoms with Crippen LogP contribution in [0.3, 0.4) is 0 Å². The van der Waals surface area contributed by atoms with Crippen molar-refractivity contribution in [3.05, 3.63) is 243 Å². The molecule has 12 aromatic carbocycles. The molecule has 0 amide bonds. The molecule has 0 aliphatic rings. The first-order chi connectivity index (χ1) is 33.2. The van der Waals surface area contributed by atoms with E-state index < -0.39 is 0 Å². The molecule has 0 aliphatic heterocycles. The molecule has 0 saturated heterocycles. The summed E-state index contributed by atoms with van der Waals surface area (Å²) in [6, 6.07) is 88.3. The highest BCUT2D eigenvalue weighted by molar-refractivity contribution is 6.21. The highest BCUT2D eigenvalue weighted by atomic mass is 16.3. The van der Waals surface area contributed by atoms with Gasteiger partial charge in [0.1, 0.15) is 11.2 Å². The maximum atomic E-state index is 7.05. The van der Waals surface area contributed by atoms with Gasteiger partial charge in [0.15, 0.2) is 0 Å². The van der Waals surface area contributed by atoms with Gasteiger partial charge in [-0.05, 0) is 121 Å². The van der Waals surface area contributed by atoms with Gasteiger partial charge < -0.3 is 13.9 Å². The molecule has 0 atom stereocenters. The number of nitrogens with zero attached hydrogens (tertiary/aromatic N) is 2. The van der Waals surface area contributed by atoms with E-state index >= 15 is 0 Å². The number of para-hydroxylation sites is 3. The summed E-state index contributed by atoms with van der Waals surface area (Å²) in [6.07, 6.45) is 0. The van der Waals surface area contributed by atoms with Crippen LogP contribution >= 0.6 is 0 Å². The average Bonchev–Trinajstić information content (AvgIpc) is 3.96. The lowest BCUT2D eigenvalue weighted by Crippen LogP contribution is -2.11. The maximum absolute atomic E-state index is 7.05. The zero-order valence-corrected chi connectivity index (χ0v) is 36.4. The van der Waals surface area contributed by atoms with Crippen LogP contribution in [0.2, 0.25) is 0 Å². The molecule has 67 heavy (non-hydrogen) atoms. The van der Waals surface area contributed by atoms with Gasteiger partial charge >= 0.3 is 0 Å². The van der Waals surface area contributed by atoms with Gasteiger partial charge in [0.25, 0.3) is 0 Å². The molecule has 0 saturated carbocycles. The first-order valence-corrected chi connectivity index (χ1v) is 23.0. The zero-order valence-electron chi connectivity index (χ0n) is 36.4. The van der Waals surface area contributed by atoms with Crippen molar-refractivity contribution in [1.29, 1.82) is 0 Å². The quantitative estimate of drug-likeness (QED) is 0.155. The van der Waals surface area contributed by atoms with E-state index in [9.17, 15) is 0 Å². The summed E-state index contributed by atoms with van der Waals surface area (Å²) in [5.74, 6) is 0. The van der Waals surface area contributed by atoms with Crippen molar-refractivity contribution in [2.24, 2.45) is 0 Å². The summed E-state index contributed by atoms with van der Waals surface area (Å²) in [5, 5.41) is 14.4. The molecule has 0 fully saturated rings. The Morgan fingerprint density at radius 3 is 1.58 bits per heavy atom. The number of hydrogen-bond donors (Lipinski definition) is 0. The van der Waals surface area contributed by atoms with Crippen LogP contribution in [-0.4, -0.2) is 4.57 Å². The smallest absolute Gasteiger partial charge is 0.145 e. The largest absolute Gasteiger partial charge is 0.455 e. The lowest BCUT2D eigenvalue weighted by atomic mass is 9.93. The Morgan fingerprint density at radius 1 is 0.328 bits per heavy atom. The first kappa shape index (κ1) is 37.5. The van der Waals surface area contributed by atoms with Gasteiger partial charge in [-0.1, -0.05) is 176 Å². The van der Waals surface area contributed by atoms with Crippen LogP contribution in [0, 0.1) is 0 Å². The second-order valence-corrected chi connectivity index (χ2v) is 17.6. The summed E-state index contributed by atoms with van der Waals surface area (Å²) >= 11 is 0. The van der Waals surface area contributed by atoms with Crippen molar-refractivity contribution in [1.82, 2.24) is 4.57 Å². The fraction of sp³-hybridized carbons (Fsp3) is 0. The molecule has 0 bridgehead atoms. The van der Waals surface area contributed by atoms with E-state index in [1.807, 2.05) is 0 Å². The molecule has 3 nitrogen and oxygen atoms in total. The molecular weight excluding hydrogens is 813 g/mol. The number of rotatable bonds is 6. The molecule has 14 aromatic rings. The molecule has 0 spiro atoms. The van der Waals surface area contributed by atoms with Gasteiger partial charge in [0, 0.05) is 38.5 Å². The molecule has 3 heteroatoms. The molecule has 14 rings (SSSR count). The van der Waals surface area contributed by atoms with Crippen molar-refractivity contribution >= 4 is 104 Å². The average molecular weight is 853 g/mol. The van der Waals surface area contributed by atoms with E-state index in [4.69, 9.17) is 4.42 Å². The van der Waals surface area contributed by atoms with Gasteiger partial charge in [0.2, 0.25) is 0 Å². The van der Waals surface area contributed by atoms with Crippen LogP contribution in [0.4, 0.5) is 17.1 Å². The minimum Gasteiger partial charge on any atom is -0.455 e. The van der Waals surface area contributed by atoms with Gasteiger partial charge in [0.05, 0.1) is 27.8 Å². The molecule has 0 aliphatic carbocycles. The summed E-state index contributed by atoms with van der Waals surface area (Å²) in [6.45, 7) is 0. The van der Waals surface area contributed by atoms with Gasteiger partial charge in [-0.15, -0.1) is 0 Å². The fourth-order valence-corrected chi connectivity index (χ4v) is 10.9. The Morgan fingerprint density at radius 2 is 0.881 bits per heavy atom. The first-order valence-electron chi connectivity index (χ1n) is 23.0. The Kier molecular flexibility index (Phi) is 8.28. The van der Waals surface area contributed by atoms with Crippen molar-refractivity contribution in [3.8, 4) is 27.9 Å². The van der Waals surface area contributed by atoms with Gasteiger partial charge in [-0.3, -0.25) is 0 Å². The summed E-state index contributed by atoms with van der Waals surface area (Å²) < 4.78 is 9.43. The van der Waals surface area contributed by atoms with E-state index in [2.05, 4.69) is 252 Å². The van der Waals surface area contributed by atoms with Gasteiger partial charge in [-0.2, -0.15) is 0 Å². The van der Waals surface area contributed by atoms with E-state index in [1.54, 1.807) is 0 Å². The van der Waals surface area contributed by atoms with Crippen LogP contribution < -0.4 is 4.90 Å². The number of aromatic nitrogens is 1. The van der Waals surface area contributed by atoms with E-state index in [0.29, 0.717) is 0 Å². The topological polar surface area (TPSA) is 21.3 Å². The molecule has 2 aromatic heterocycles. The van der Waals surface area contributed by atoms with Crippen LogP contribution in [0.5, 0.6) is 0 Å². The SMILES string of the molecule is c1cc(-c2ccc(N(c3ccc(-c4cc5ccccc5c5ccccc45)cc3)c3cc4ccccc4c4ccccc34)c3c2oc2ccccc23)cc(-n2c3ccccc3c3ccccc32)c1. The van der Waals surface area contributed by atoms with Crippen molar-refractivity contribution in [2.45, 2.75) is 0 Å². The molecule has 2 heterocycles. The summed E-state index contributed by atoms with van der Waals surface area (Å²) in [4.78, 5) is 2.46. The maximum Gasteiger partial charge on any atom is 0.145 e. The lowest BCUT2D eigenvalue weighted by Gasteiger charge is -2.29. The number of benzene rings is 12. The third-order valence-corrected chi connectivity index (χ3v) is 13.9. The van der Waals surface area contributed by atoms with Crippen molar-refractivity contribution in [3.63, 3.8) is 0 Å². The summed E-state index contributed by atoms with van der Waals surface area (Å²) in [5.41, 5.74) is 12.9. The minimum atomic E-state index is 0.853. The lowest BCUT2D eigenvalue weighted by molar-refractivity contribution is 0.670. The number of hydrogen-bond acceptors (Lipinski definition) is 2. The zero-order chi connectivity index (χ0) is 44.0. The Labute approximate surface area is 386 Å². The second-order valence-electron chi connectivity index (χ2n) is 17.6. The third kappa shape index (κ3) is 5.78. The Balaban J connectivity index is 1.01. The van der Waals surface area contributed by atoms with Crippen molar-refractivity contribution < 1.29 is 4.42 Å². The number of furan rings is 1. The van der Waals surface area contributed by atoms with Crippen LogP contribution in [-0.2, 0) is 0 Å². The Hall–Kier alpha value is -8.92. The summed E-state index contributed by atoms with van der Waals surface area (Å²) in [7, 11) is 0. The molecule has 0 unspecified atom stereocenters. The van der Waals surface area contributed by atoms with E-state index in [1.165, 1.54) is 76.0 Å². The van der Waals surface area contributed by atoms with E-state index in [0.717, 1.165) is 55.8 Å². The van der Waals surface area contributed by atoms with Crippen LogP contribution in [0.1, 0.15) is 0 Å². The molecule has 0 N–H and O–H groups in total. The second kappa shape index (κ2) is 14.8. The molecular formula is C64H40N2O. The van der Waals surface area contributed by atoms with E-state index in [-0.39, 0.29) is 0 Å².